The summed E-state index contributed by atoms with van der Waals surface area (Å²) in [4.78, 5) is 13.8. The number of hydrogen-bond donors (Lipinski definition) is 2. The monoisotopic (exact) mass is 468 g/mol. The summed E-state index contributed by atoms with van der Waals surface area (Å²) in [6.45, 7) is 23.3. The zero-order valence-corrected chi connectivity index (χ0v) is 23.0. The highest BCUT2D eigenvalue weighted by atomic mass is 16.2. The van der Waals surface area contributed by atoms with E-state index in [2.05, 4.69) is 65.3 Å². The van der Waals surface area contributed by atoms with E-state index >= 15 is 0 Å². The summed E-state index contributed by atoms with van der Waals surface area (Å²) in [5, 5.41) is 7.19. The molecule has 2 N–H and O–H groups in total. The average molecular weight is 469 g/mol. The second-order valence-electron chi connectivity index (χ2n) is 13.8. The van der Waals surface area contributed by atoms with Gasteiger partial charge >= 0.3 is 6.03 Å². The molecule has 8 atom stereocenters. The first kappa shape index (κ1) is 25.8. The maximum atomic E-state index is 13.8. The number of nitrogens with one attached hydrogen (secondary N) is 2. The van der Waals surface area contributed by atoms with Gasteiger partial charge in [-0.05, 0) is 98.7 Å². The van der Waals surface area contributed by atoms with E-state index in [0.717, 1.165) is 12.8 Å². The number of carbonyl (C=O) groups excluding carboxylic acids is 1. The Morgan fingerprint density at radius 3 is 1.50 bits per heavy atom. The van der Waals surface area contributed by atoms with Crippen LogP contribution in [0.3, 0.4) is 0 Å². The molecule has 4 rings (SSSR count). The van der Waals surface area contributed by atoms with Crippen molar-refractivity contribution in [2.45, 2.75) is 118 Å². The number of hydrogen-bond acceptors (Lipinski definition) is 1. The molecule has 0 radical (unpaired) electrons. The van der Waals surface area contributed by atoms with Gasteiger partial charge < -0.3 is 10.6 Å². The fourth-order valence-corrected chi connectivity index (χ4v) is 9.05. The molecule has 0 bridgehead atoms. The lowest BCUT2D eigenvalue weighted by Gasteiger charge is -2.55. The molecule has 0 aromatic carbocycles. The minimum atomic E-state index is 0.0524. The largest absolute Gasteiger partial charge is 0.335 e. The molecule has 0 saturated heterocycles. The molecule has 0 heterocycles. The van der Waals surface area contributed by atoms with Crippen LogP contribution in [0.25, 0.3) is 0 Å². The molecular formula is C31H52N2O. The molecule has 2 amide bonds. The zero-order chi connectivity index (χ0) is 24.8. The first-order chi connectivity index (χ1) is 16.0. The van der Waals surface area contributed by atoms with E-state index in [1.54, 1.807) is 0 Å². The Balaban J connectivity index is 1.58. The van der Waals surface area contributed by atoms with E-state index in [1.165, 1.54) is 62.5 Å². The predicted octanol–water partition coefficient (Wildman–Crippen LogP) is 7.88. The van der Waals surface area contributed by atoms with E-state index in [0.29, 0.717) is 35.5 Å². The second kappa shape index (κ2) is 9.66. The summed E-state index contributed by atoms with van der Waals surface area (Å²) in [6, 6.07) is 0.429. The Kier molecular flexibility index (Phi) is 7.34. The van der Waals surface area contributed by atoms with Crippen molar-refractivity contribution in [1.29, 1.82) is 0 Å². The first-order valence-corrected chi connectivity index (χ1v) is 14.4. The molecule has 0 aromatic heterocycles. The summed E-state index contributed by atoms with van der Waals surface area (Å²) in [7, 11) is 0. The van der Waals surface area contributed by atoms with Crippen LogP contribution in [0.5, 0.6) is 0 Å². The second-order valence-corrected chi connectivity index (χ2v) is 13.8. The van der Waals surface area contributed by atoms with E-state index in [-0.39, 0.29) is 28.9 Å². The van der Waals surface area contributed by atoms with Crippen LogP contribution in [0.1, 0.15) is 106 Å². The van der Waals surface area contributed by atoms with Crippen molar-refractivity contribution in [3.63, 3.8) is 0 Å². The van der Waals surface area contributed by atoms with Crippen LogP contribution in [-0.2, 0) is 0 Å². The molecule has 4 fully saturated rings. The van der Waals surface area contributed by atoms with Gasteiger partial charge in [-0.25, -0.2) is 4.79 Å². The van der Waals surface area contributed by atoms with Crippen LogP contribution in [0.15, 0.2) is 24.3 Å². The molecule has 192 valence electrons. The van der Waals surface area contributed by atoms with Gasteiger partial charge in [0.25, 0.3) is 0 Å². The van der Waals surface area contributed by atoms with Crippen molar-refractivity contribution in [3.05, 3.63) is 24.3 Å². The SMILES string of the molecule is C=C1CCCC2(C)CCC(C(C)C)C(NC(=O)NC3C(C(C)C)CCC4(C)CCCC(=C)C34)C12. The molecule has 34 heavy (non-hydrogen) atoms. The smallest absolute Gasteiger partial charge is 0.315 e. The maximum absolute atomic E-state index is 13.8. The third-order valence-corrected chi connectivity index (χ3v) is 10.9. The van der Waals surface area contributed by atoms with Crippen molar-refractivity contribution in [2.24, 2.45) is 46.3 Å². The van der Waals surface area contributed by atoms with E-state index in [9.17, 15) is 4.79 Å². The van der Waals surface area contributed by atoms with Crippen molar-refractivity contribution in [3.8, 4) is 0 Å². The highest BCUT2D eigenvalue weighted by Gasteiger charge is 2.52. The van der Waals surface area contributed by atoms with E-state index in [1.807, 2.05) is 0 Å². The van der Waals surface area contributed by atoms with Gasteiger partial charge in [0.05, 0.1) is 0 Å². The lowest BCUT2D eigenvalue weighted by molar-refractivity contribution is 0.0173. The van der Waals surface area contributed by atoms with Gasteiger partial charge in [0, 0.05) is 23.9 Å². The molecule has 8 unspecified atom stereocenters. The molecule has 4 aliphatic carbocycles. The quantitative estimate of drug-likeness (QED) is 0.405. The van der Waals surface area contributed by atoms with Gasteiger partial charge in [-0.2, -0.15) is 0 Å². The summed E-state index contributed by atoms with van der Waals surface area (Å²) in [5.74, 6) is 2.94. The van der Waals surface area contributed by atoms with Gasteiger partial charge in [-0.3, -0.25) is 0 Å². The van der Waals surface area contributed by atoms with Crippen LogP contribution < -0.4 is 10.6 Å². The zero-order valence-electron chi connectivity index (χ0n) is 23.0. The fourth-order valence-electron chi connectivity index (χ4n) is 9.05. The minimum absolute atomic E-state index is 0.0524. The van der Waals surface area contributed by atoms with Gasteiger partial charge in [-0.1, -0.05) is 65.8 Å². The average Bonchev–Trinajstić information content (AvgIpc) is 2.72. The Morgan fingerprint density at radius 2 is 1.15 bits per heavy atom. The molecule has 4 aliphatic rings. The Labute approximate surface area is 210 Å². The standard InChI is InChI=1S/C31H52N2O/c1-19(2)23-13-17-30(7)15-9-11-21(5)25(30)27(23)32-29(34)33-28-24(20(3)4)14-18-31(8)16-10-12-22(6)26(28)31/h19-20,23-28H,5-6,9-18H2,1-4,7-8H3,(H2,32,33,34). The molecule has 3 heteroatoms. The van der Waals surface area contributed by atoms with Crippen LogP contribution in [0, 0.1) is 46.3 Å². The van der Waals surface area contributed by atoms with Crippen molar-refractivity contribution >= 4 is 6.03 Å². The molecule has 3 nitrogen and oxygen atoms in total. The Morgan fingerprint density at radius 1 is 0.765 bits per heavy atom. The van der Waals surface area contributed by atoms with E-state index < -0.39 is 0 Å². The van der Waals surface area contributed by atoms with Gasteiger partial charge in [0.1, 0.15) is 0 Å². The molecule has 0 spiro atoms. The minimum Gasteiger partial charge on any atom is -0.335 e. The Bertz CT molecular complexity index is 735. The molecule has 0 aliphatic heterocycles. The van der Waals surface area contributed by atoms with Gasteiger partial charge in [-0.15, -0.1) is 0 Å². The number of rotatable bonds is 4. The molecular weight excluding hydrogens is 416 g/mol. The van der Waals surface area contributed by atoms with Crippen LogP contribution in [-0.4, -0.2) is 18.1 Å². The van der Waals surface area contributed by atoms with Crippen LogP contribution in [0.2, 0.25) is 0 Å². The van der Waals surface area contributed by atoms with Crippen LogP contribution >= 0.6 is 0 Å². The summed E-state index contributed by atoms with van der Waals surface area (Å²) < 4.78 is 0. The summed E-state index contributed by atoms with van der Waals surface area (Å²) in [6.07, 6.45) is 12.2. The summed E-state index contributed by atoms with van der Waals surface area (Å²) >= 11 is 0. The van der Waals surface area contributed by atoms with Gasteiger partial charge in [0.15, 0.2) is 0 Å². The normalized spacial score (nSPS) is 42.8. The topological polar surface area (TPSA) is 41.1 Å². The molecule has 0 aromatic rings. The third-order valence-electron chi connectivity index (χ3n) is 10.9. The highest BCUT2D eigenvalue weighted by Crippen LogP contribution is 2.56. The number of carbonyl (C=O) groups is 1. The molecule has 4 saturated carbocycles. The fraction of sp³-hybridized carbons (Fsp3) is 0.839. The number of amides is 2. The maximum Gasteiger partial charge on any atom is 0.315 e. The van der Waals surface area contributed by atoms with Crippen molar-refractivity contribution in [2.75, 3.05) is 0 Å². The van der Waals surface area contributed by atoms with Crippen molar-refractivity contribution in [1.82, 2.24) is 10.6 Å². The van der Waals surface area contributed by atoms with E-state index in [4.69, 9.17) is 0 Å². The number of urea groups is 1. The van der Waals surface area contributed by atoms with Crippen molar-refractivity contribution < 1.29 is 4.79 Å². The lowest BCUT2D eigenvalue weighted by atomic mass is 9.53. The highest BCUT2D eigenvalue weighted by molar-refractivity contribution is 5.75. The third kappa shape index (κ3) is 4.62. The first-order valence-electron chi connectivity index (χ1n) is 14.4. The van der Waals surface area contributed by atoms with Crippen LogP contribution in [0.4, 0.5) is 4.79 Å². The number of fused-ring (bicyclic) bond motifs is 2. The lowest BCUT2D eigenvalue weighted by Crippen LogP contribution is -2.62. The Hall–Kier alpha value is -1.25. The summed E-state index contributed by atoms with van der Waals surface area (Å²) in [5.41, 5.74) is 3.30. The van der Waals surface area contributed by atoms with Gasteiger partial charge in [0.2, 0.25) is 0 Å². The predicted molar refractivity (Wildman–Crippen MR) is 144 cm³/mol.